The van der Waals surface area contributed by atoms with Gasteiger partial charge >= 0.3 is 5.97 Å². The van der Waals surface area contributed by atoms with Crippen LogP contribution < -0.4 is 15.8 Å². The number of nitrogens with two attached hydrogens (primary N) is 1. The number of rotatable bonds is 12. The molecular formula is C26H29ClN2O4. The van der Waals surface area contributed by atoms with Crippen LogP contribution in [0.4, 0.5) is 11.4 Å². The summed E-state index contributed by atoms with van der Waals surface area (Å²) in [5.41, 5.74) is 8.65. The number of aryl methyl sites for hydroxylation is 1. The standard InChI is InChI=1S/C26H29ClN2O4/c27-24-15-22(12-11-20(24)8-5-13-26(28,18-30)16-25(31)32)29-21-9-4-10-23(14-21)33-17-19-6-2-1-3-7-19/h1-4,6-7,9-12,14-15,29-30H,5,8,13,16-18,28H2,(H,31,32). The summed E-state index contributed by atoms with van der Waals surface area (Å²) in [5, 5.41) is 22.4. The number of aliphatic hydroxyl groups excluding tert-OH is 1. The zero-order valence-electron chi connectivity index (χ0n) is 18.3. The van der Waals surface area contributed by atoms with Gasteiger partial charge in [0, 0.05) is 28.0 Å². The number of hydrogen-bond acceptors (Lipinski definition) is 5. The molecule has 0 radical (unpaired) electrons. The van der Waals surface area contributed by atoms with Crippen LogP contribution in [-0.2, 0) is 17.8 Å². The van der Waals surface area contributed by atoms with Crippen molar-refractivity contribution >= 4 is 28.9 Å². The van der Waals surface area contributed by atoms with Crippen molar-refractivity contribution in [3.05, 3.63) is 88.9 Å². The second kappa shape index (κ2) is 11.7. The van der Waals surface area contributed by atoms with Crippen molar-refractivity contribution in [1.29, 1.82) is 0 Å². The third kappa shape index (κ3) is 7.79. The summed E-state index contributed by atoms with van der Waals surface area (Å²) in [6.07, 6.45) is 1.38. The van der Waals surface area contributed by atoms with Crippen molar-refractivity contribution < 1.29 is 19.7 Å². The number of aliphatic hydroxyl groups is 1. The van der Waals surface area contributed by atoms with Crippen LogP contribution >= 0.6 is 11.6 Å². The highest BCUT2D eigenvalue weighted by molar-refractivity contribution is 6.31. The number of hydrogen-bond donors (Lipinski definition) is 4. The minimum Gasteiger partial charge on any atom is -0.489 e. The van der Waals surface area contributed by atoms with Gasteiger partial charge in [0.15, 0.2) is 0 Å². The first-order chi connectivity index (χ1) is 15.9. The SMILES string of the molecule is NC(CO)(CCCc1ccc(Nc2cccc(OCc3ccccc3)c2)cc1Cl)CC(=O)O. The second-order valence-electron chi connectivity index (χ2n) is 8.18. The lowest BCUT2D eigenvalue weighted by Gasteiger charge is -2.25. The number of ether oxygens (including phenoxy) is 1. The summed E-state index contributed by atoms with van der Waals surface area (Å²) in [6, 6.07) is 23.5. The number of benzene rings is 3. The first-order valence-corrected chi connectivity index (χ1v) is 11.2. The first-order valence-electron chi connectivity index (χ1n) is 10.8. The molecule has 0 spiro atoms. The lowest BCUT2D eigenvalue weighted by Crippen LogP contribution is -2.45. The minimum atomic E-state index is -1.12. The predicted octanol–water partition coefficient (Wildman–Crippen LogP) is 5.15. The molecule has 0 saturated heterocycles. The Morgan fingerprint density at radius 1 is 1.03 bits per heavy atom. The maximum absolute atomic E-state index is 10.9. The van der Waals surface area contributed by atoms with E-state index in [1.165, 1.54) is 0 Å². The molecule has 5 N–H and O–H groups in total. The molecule has 0 saturated carbocycles. The second-order valence-corrected chi connectivity index (χ2v) is 8.59. The molecule has 0 aliphatic carbocycles. The van der Waals surface area contributed by atoms with E-state index in [0.29, 0.717) is 30.9 Å². The summed E-state index contributed by atoms with van der Waals surface area (Å²) < 4.78 is 5.89. The van der Waals surface area contributed by atoms with E-state index in [2.05, 4.69) is 5.32 Å². The molecule has 0 aliphatic heterocycles. The molecule has 0 aromatic heterocycles. The maximum Gasteiger partial charge on any atom is 0.305 e. The average molecular weight is 469 g/mol. The van der Waals surface area contributed by atoms with E-state index in [4.69, 9.17) is 27.2 Å². The molecule has 0 bridgehead atoms. The fraction of sp³-hybridized carbons (Fsp3) is 0.269. The monoisotopic (exact) mass is 468 g/mol. The van der Waals surface area contributed by atoms with Crippen LogP contribution in [0.3, 0.4) is 0 Å². The van der Waals surface area contributed by atoms with Crippen LogP contribution in [0, 0.1) is 0 Å². The van der Waals surface area contributed by atoms with Gasteiger partial charge in [-0.2, -0.15) is 0 Å². The minimum absolute atomic E-state index is 0.270. The number of carboxylic acids is 1. The maximum atomic E-state index is 10.9. The fourth-order valence-electron chi connectivity index (χ4n) is 3.55. The third-order valence-corrected chi connectivity index (χ3v) is 5.71. The van der Waals surface area contributed by atoms with Gasteiger partial charge in [0.25, 0.3) is 0 Å². The molecule has 0 heterocycles. The van der Waals surface area contributed by atoms with Crippen molar-refractivity contribution in [3.63, 3.8) is 0 Å². The smallest absolute Gasteiger partial charge is 0.305 e. The van der Waals surface area contributed by atoms with Gasteiger partial charge in [-0.05, 0) is 54.7 Å². The van der Waals surface area contributed by atoms with E-state index in [-0.39, 0.29) is 13.0 Å². The Balaban J connectivity index is 1.56. The molecular weight excluding hydrogens is 440 g/mol. The van der Waals surface area contributed by atoms with Crippen LogP contribution in [0.2, 0.25) is 5.02 Å². The average Bonchev–Trinajstić information content (AvgIpc) is 2.80. The molecule has 3 aromatic carbocycles. The highest BCUT2D eigenvalue weighted by Gasteiger charge is 2.27. The van der Waals surface area contributed by atoms with E-state index in [1.807, 2.05) is 72.8 Å². The highest BCUT2D eigenvalue weighted by atomic mass is 35.5. The van der Waals surface area contributed by atoms with Gasteiger partial charge in [0.05, 0.1) is 13.0 Å². The van der Waals surface area contributed by atoms with E-state index in [9.17, 15) is 9.90 Å². The van der Waals surface area contributed by atoms with Crippen molar-refractivity contribution in [3.8, 4) is 5.75 Å². The normalized spacial score (nSPS) is 12.7. The van der Waals surface area contributed by atoms with Gasteiger partial charge in [-0.3, -0.25) is 4.79 Å². The lowest BCUT2D eigenvalue weighted by molar-refractivity contribution is -0.138. The molecule has 7 heteroatoms. The number of anilines is 2. The van der Waals surface area contributed by atoms with Crippen LogP contribution in [0.15, 0.2) is 72.8 Å². The summed E-state index contributed by atoms with van der Waals surface area (Å²) in [4.78, 5) is 10.9. The number of nitrogens with one attached hydrogen (secondary N) is 1. The summed E-state index contributed by atoms with van der Waals surface area (Å²) in [6.45, 7) is 0.127. The van der Waals surface area contributed by atoms with E-state index < -0.39 is 11.5 Å². The van der Waals surface area contributed by atoms with Gasteiger partial charge in [-0.15, -0.1) is 0 Å². The lowest BCUT2D eigenvalue weighted by atomic mass is 9.90. The number of aliphatic carboxylic acids is 1. The van der Waals surface area contributed by atoms with Crippen molar-refractivity contribution in [2.75, 3.05) is 11.9 Å². The largest absolute Gasteiger partial charge is 0.489 e. The van der Waals surface area contributed by atoms with Crippen LogP contribution in [-0.4, -0.2) is 28.3 Å². The zero-order valence-corrected chi connectivity index (χ0v) is 19.1. The topological polar surface area (TPSA) is 105 Å². The molecule has 3 rings (SSSR count). The predicted molar refractivity (Wildman–Crippen MR) is 131 cm³/mol. The van der Waals surface area contributed by atoms with Gasteiger partial charge in [-0.1, -0.05) is 54.1 Å². The Morgan fingerprint density at radius 2 is 1.79 bits per heavy atom. The van der Waals surface area contributed by atoms with E-state index >= 15 is 0 Å². The zero-order chi connectivity index (χ0) is 23.7. The Bertz CT molecular complexity index is 1060. The molecule has 0 fully saturated rings. The first kappa shape index (κ1) is 24.6. The highest BCUT2D eigenvalue weighted by Crippen LogP contribution is 2.27. The van der Waals surface area contributed by atoms with Gasteiger partial charge in [0.1, 0.15) is 12.4 Å². The summed E-state index contributed by atoms with van der Waals surface area (Å²) >= 11 is 6.47. The molecule has 3 aromatic rings. The van der Waals surface area contributed by atoms with Crippen molar-refractivity contribution in [1.82, 2.24) is 0 Å². The summed E-state index contributed by atoms with van der Waals surface area (Å²) in [7, 11) is 0. The number of carboxylic acid groups (broad SMARTS) is 1. The Kier molecular flexibility index (Phi) is 8.72. The van der Waals surface area contributed by atoms with Gasteiger partial charge in [-0.25, -0.2) is 0 Å². The quantitative estimate of drug-likeness (QED) is 0.293. The van der Waals surface area contributed by atoms with Crippen molar-refractivity contribution in [2.24, 2.45) is 5.73 Å². The molecule has 0 amide bonds. The molecule has 1 atom stereocenters. The Labute approximate surface area is 199 Å². The molecule has 1 unspecified atom stereocenters. The third-order valence-electron chi connectivity index (χ3n) is 5.36. The number of halogens is 1. The Hall–Kier alpha value is -3.06. The van der Waals surface area contributed by atoms with Crippen molar-refractivity contribution in [2.45, 2.75) is 37.8 Å². The summed E-state index contributed by atoms with van der Waals surface area (Å²) in [5.74, 6) is -0.253. The van der Waals surface area contributed by atoms with E-state index in [1.54, 1.807) is 0 Å². The van der Waals surface area contributed by atoms with Gasteiger partial charge < -0.3 is 26.0 Å². The van der Waals surface area contributed by atoms with Crippen LogP contribution in [0.5, 0.6) is 5.75 Å². The van der Waals surface area contributed by atoms with Crippen LogP contribution in [0.25, 0.3) is 0 Å². The molecule has 174 valence electrons. The fourth-order valence-corrected chi connectivity index (χ4v) is 3.83. The molecule has 33 heavy (non-hydrogen) atoms. The number of carbonyl (C=O) groups is 1. The Morgan fingerprint density at radius 3 is 2.48 bits per heavy atom. The molecule has 0 aliphatic rings. The molecule has 6 nitrogen and oxygen atoms in total. The van der Waals surface area contributed by atoms with E-state index in [0.717, 1.165) is 28.3 Å². The van der Waals surface area contributed by atoms with Crippen LogP contribution in [0.1, 0.15) is 30.4 Å². The van der Waals surface area contributed by atoms with Gasteiger partial charge in [0.2, 0.25) is 0 Å².